The van der Waals surface area contributed by atoms with Gasteiger partial charge >= 0.3 is 6.09 Å². The molecule has 2 aliphatic rings. The van der Waals surface area contributed by atoms with E-state index in [4.69, 9.17) is 29.6 Å². The topological polar surface area (TPSA) is 111 Å². The quantitative estimate of drug-likeness (QED) is 0.209. The van der Waals surface area contributed by atoms with Crippen LogP contribution in [0.15, 0.2) is 66.9 Å². The van der Waals surface area contributed by atoms with Gasteiger partial charge in [0.2, 0.25) is 0 Å². The van der Waals surface area contributed by atoms with E-state index in [1.165, 1.54) is 11.1 Å². The monoisotopic (exact) mass is 589 g/mol. The first-order valence-corrected chi connectivity index (χ1v) is 15.2. The Morgan fingerprint density at radius 2 is 1.89 bits per heavy atom. The van der Waals surface area contributed by atoms with Crippen molar-refractivity contribution in [3.63, 3.8) is 0 Å². The van der Waals surface area contributed by atoms with Crippen molar-refractivity contribution in [2.75, 3.05) is 14.2 Å². The van der Waals surface area contributed by atoms with E-state index >= 15 is 0 Å². The molecule has 0 aliphatic heterocycles. The number of fused-ring (bicyclic) bond motifs is 2. The van der Waals surface area contributed by atoms with E-state index in [9.17, 15) is 4.79 Å². The van der Waals surface area contributed by atoms with Crippen LogP contribution in [0, 0.1) is 0 Å². The van der Waals surface area contributed by atoms with Gasteiger partial charge in [-0.25, -0.2) is 9.78 Å². The number of nitrogens with one attached hydrogen (secondary N) is 1. The average Bonchev–Trinajstić information content (AvgIpc) is 3.80. The summed E-state index contributed by atoms with van der Waals surface area (Å²) < 4.78 is 13.3. The van der Waals surface area contributed by atoms with E-state index in [1.807, 2.05) is 41.2 Å². The number of carbonyl (C=O) groups is 1. The van der Waals surface area contributed by atoms with Crippen molar-refractivity contribution in [3.8, 4) is 34.0 Å². The minimum Gasteiger partial charge on any atom is -0.497 e. The summed E-state index contributed by atoms with van der Waals surface area (Å²) in [4.78, 5) is 21.2. The standard InChI is InChI=1S/C35H35N5O4/c1-43-26-14-9-21(10-15-26)20-40-30-18-31(44-2)33(28-8-4-6-22-5-3-7-27(22)28)38-34(30)32(39-40)24-12-16-29(36-19-24)23-11-13-25(17-23)37-35(41)42/h4,6,8-10,12,14-16,18-19,23,25,37H,3,5,7,11,13,17,20H2,1-2H3,(H,41,42). The molecule has 44 heavy (non-hydrogen) atoms. The highest BCUT2D eigenvalue weighted by atomic mass is 16.5. The zero-order valence-corrected chi connectivity index (χ0v) is 24.9. The number of ether oxygens (including phenoxy) is 2. The van der Waals surface area contributed by atoms with Gasteiger partial charge in [0.25, 0.3) is 0 Å². The van der Waals surface area contributed by atoms with Gasteiger partial charge in [-0.15, -0.1) is 0 Å². The van der Waals surface area contributed by atoms with Crippen LogP contribution in [-0.4, -0.2) is 51.2 Å². The molecule has 2 unspecified atom stereocenters. The van der Waals surface area contributed by atoms with Crippen molar-refractivity contribution in [2.45, 2.75) is 57.0 Å². The summed E-state index contributed by atoms with van der Waals surface area (Å²) in [5.41, 5.74) is 10.1. The molecule has 224 valence electrons. The Bertz CT molecular complexity index is 1830. The third-order valence-electron chi connectivity index (χ3n) is 9.04. The van der Waals surface area contributed by atoms with Crippen molar-refractivity contribution in [1.82, 2.24) is 25.1 Å². The second-order valence-electron chi connectivity index (χ2n) is 11.7. The van der Waals surface area contributed by atoms with Crippen molar-refractivity contribution in [2.24, 2.45) is 0 Å². The van der Waals surface area contributed by atoms with Crippen LogP contribution in [0.25, 0.3) is 33.5 Å². The van der Waals surface area contributed by atoms with Crippen molar-refractivity contribution < 1.29 is 19.4 Å². The Hall–Kier alpha value is -4.92. The minimum absolute atomic E-state index is 0.0337. The predicted molar refractivity (Wildman–Crippen MR) is 168 cm³/mol. The van der Waals surface area contributed by atoms with Crippen LogP contribution in [0.1, 0.15) is 54.0 Å². The Balaban J connectivity index is 1.31. The van der Waals surface area contributed by atoms with Crippen molar-refractivity contribution >= 4 is 17.1 Å². The van der Waals surface area contributed by atoms with E-state index in [0.29, 0.717) is 6.54 Å². The minimum atomic E-state index is -0.972. The molecule has 1 amide bonds. The van der Waals surface area contributed by atoms with Gasteiger partial charge in [-0.1, -0.05) is 30.3 Å². The Kier molecular flexibility index (Phi) is 7.37. The maximum absolute atomic E-state index is 11.1. The summed E-state index contributed by atoms with van der Waals surface area (Å²) in [6.45, 7) is 0.553. The number of pyridine rings is 2. The van der Waals surface area contributed by atoms with Gasteiger partial charge in [0.15, 0.2) is 0 Å². The maximum Gasteiger partial charge on any atom is 0.404 e. The molecule has 0 radical (unpaired) electrons. The summed E-state index contributed by atoms with van der Waals surface area (Å²) in [6, 6.07) is 20.6. The molecule has 9 heteroatoms. The summed E-state index contributed by atoms with van der Waals surface area (Å²) in [5, 5.41) is 16.8. The fourth-order valence-corrected chi connectivity index (χ4v) is 6.83. The Labute approximate surface area is 255 Å². The molecule has 0 saturated heterocycles. The van der Waals surface area contributed by atoms with Crippen LogP contribution in [0.2, 0.25) is 0 Å². The molecule has 1 saturated carbocycles. The number of hydrogen-bond donors (Lipinski definition) is 2. The molecule has 3 aromatic heterocycles. The molecule has 0 spiro atoms. The fraction of sp³-hybridized carbons (Fsp3) is 0.314. The molecule has 9 nitrogen and oxygen atoms in total. The predicted octanol–water partition coefficient (Wildman–Crippen LogP) is 6.62. The summed E-state index contributed by atoms with van der Waals surface area (Å²) in [7, 11) is 3.36. The van der Waals surface area contributed by atoms with E-state index in [0.717, 1.165) is 94.8 Å². The van der Waals surface area contributed by atoms with Gasteiger partial charge in [0.05, 0.1) is 26.3 Å². The highest BCUT2D eigenvalue weighted by Crippen LogP contribution is 2.40. The number of hydrogen-bond acceptors (Lipinski definition) is 6. The summed E-state index contributed by atoms with van der Waals surface area (Å²) >= 11 is 0. The fourth-order valence-electron chi connectivity index (χ4n) is 6.83. The Morgan fingerprint density at radius 3 is 2.64 bits per heavy atom. The molecule has 7 rings (SSSR count). The molecule has 1 fully saturated rings. The van der Waals surface area contributed by atoms with Crippen LogP contribution in [0.3, 0.4) is 0 Å². The molecule has 3 heterocycles. The number of methoxy groups -OCH3 is 2. The first-order valence-electron chi connectivity index (χ1n) is 15.2. The normalized spacial score (nSPS) is 17.5. The zero-order chi connectivity index (χ0) is 30.2. The number of aryl methyl sites for hydroxylation is 1. The van der Waals surface area contributed by atoms with Gasteiger partial charge in [-0.2, -0.15) is 5.10 Å². The first kappa shape index (κ1) is 27.9. The molecule has 5 aromatic rings. The maximum atomic E-state index is 11.1. The van der Waals surface area contributed by atoms with E-state index in [1.54, 1.807) is 14.2 Å². The molecule has 2 atom stereocenters. The van der Waals surface area contributed by atoms with Gasteiger partial charge in [0.1, 0.15) is 28.4 Å². The van der Waals surface area contributed by atoms with Gasteiger partial charge in [-0.3, -0.25) is 9.67 Å². The van der Waals surface area contributed by atoms with E-state index < -0.39 is 6.09 Å². The third kappa shape index (κ3) is 5.23. The summed E-state index contributed by atoms with van der Waals surface area (Å²) in [6.07, 6.45) is 6.65. The van der Waals surface area contributed by atoms with Gasteiger partial charge in [0, 0.05) is 41.0 Å². The molecule has 2 N–H and O–H groups in total. The van der Waals surface area contributed by atoms with Crippen LogP contribution in [0.5, 0.6) is 11.5 Å². The number of amides is 1. The highest BCUT2D eigenvalue weighted by molar-refractivity contribution is 5.93. The van der Waals surface area contributed by atoms with Crippen molar-refractivity contribution in [1.29, 1.82) is 0 Å². The molecular weight excluding hydrogens is 554 g/mol. The molecule has 0 bridgehead atoms. The lowest BCUT2D eigenvalue weighted by Crippen LogP contribution is -2.31. The van der Waals surface area contributed by atoms with Crippen LogP contribution in [-0.2, 0) is 19.4 Å². The van der Waals surface area contributed by atoms with Crippen LogP contribution in [0.4, 0.5) is 4.79 Å². The molecular formula is C35H35N5O4. The Morgan fingerprint density at radius 1 is 1.02 bits per heavy atom. The molecule has 2 aliphatic carbocycles. The SMILES string of the molecule is COc1ccc(Cn2nc(-c3ccc(C4CCC(NC(=O)O)C4)nc3)c3nc(-c4cccc5c4CCC5)c(OC)cc32)cc1. The number of rotatable bonds is 8. The first-order chi connectivity index (χ1) is 21.5. The second-order valence-corrected chi connectivity index (χ2v) is 11.7. The number of benzene rings is 2. The number of nitrogens with zero attached hydrogens (tertiary/aromatic N) is 4. The second kappa shape index (κ2) is 11.6. The summed E-state index contributed by atoms with van der Waals surface area (Å²) in [5.74, 6) is 1.75. The molecule has 2 aromatic carbocycles. The van der Waals surface area contributed by atoms with E-state index in [-0.39, 0.29) is 12.0 Å². The highest BCUT2D eigenvalue weighted by Gasteiger charge is 2.28. The van der Waals surface area contributed by atoms with Gasteiger partial charge in [-0.05, 0) is 79.5 Å². The average molecular weight is 590 g/mol. The van der Waals surface area contributed by atoms with Crippen molar-refractivity contribution in [3.05, 3.63) is 89.2 Å². The smallest absolute Gasteiger partial charge is 0.404 e. The number of aromatic nitrogens is 4. The van der Waals surface area contributed by atoms with Gasteiger partial charge < -0.3 is 19.9 Å². The van der Waals surface area contributed by atoms with E-state index in [2.05, 4.69) is 35.6 Å². The lowest BCUT2D eigenvalue weighted by molar-refractivity contribution is 0.190. The lowest BCUT2D eigenvalue weighted by atomic mass is 9.99. The van der Waals surface area contributed by atoms with Crippen LogP contribution < -0.4 is 14.8 Å². The zero-order valence-electron chi connectivity index (χ0n) is 24.9. The largest absolute Gasteiger partial charge is 0.497 e. The lowest BCUT2D eigenvalue weighted by Gasteiger charge is -2.13. The third-order valence-corrected chi connectivity index (χ3v) is 9.04. The van der Waals surface area contributed by atoms with Crippen LogP contribution >= 0.6 is 0 Å². The number of carboxylic acid groups (broad SMARTS) is 1.